The SMILES string of the molecule is CCc1cccc(OCC(=O)Nc2ccc(-c3nc4ccccc4c(=O)o3)cc2)c1. The molecule has 4 aromatic rings. The Morgan fingerprint density at radius 1 is 1.03 bits per heavy atom. The average molecular weight is 400 g/mol. The summed E-state index contributed by atoms with van der Waals surface area (Å²) in [6, 6.07) is 21.6. The highest BCUT2D eigenvalue weighted by Gasteiger charge is 2.09. The number of aromatic nitrogens is 1. The molecule has 150 valence electrons. The molecule has 0 radical (unpaired) electrons. The standard InChI is InChI=1S/C24H20N2O4/c1-2-16-6-5-7-19(14-16)29-15-22(27)25-18-12-10-17(11-13-18)23-26-21-9-4-3-8-20(21)24(28)30-23/h3-14H,2,15H2,1H3,(H,25,27). The van der Waals surface area contributed by atoms with E-state index in [1.54, 1.807) is 42.5 Å². The lowest BCUT2D eigenvalue weighted by Gasteiger charge is -2.09. The first-order valence-corrected chi connectivity index (χ1v) is 9.64. The number of ether oxygens (including phenoxy) is 1. The van der Waals surface area contributed by atoms with Gasteiger partial charge in [-0.05, 0) is 60.5 Å². The molecule has 0 unspecified atom stereocenters. The predicted octanol–water partition coefficient (Wildman–Crippen LogP) is 4.43. The summed E-state index contributed by atoms with van der Waals surface area (Å²) in [5.74, 6) is 0.632. The predicted molar refractivity (Wildman–Crippen MR) is 116 cm³/mol. The van der Waals surface area contributed by atoms with Crippen molar-refractivity contribution < 1.29 is 13.9 Å². The van der Waals surface area contributed by atoms with E-state index < -0.39 is 5.63 Å². The Labute approximate surface area is 173 Å². The summed E-state index contributed by atoms with van der Waals surface area (Å²) in [6.07, 6.45) is 0.905. The van der Waals surface area contributed by atoms with Crippen LogP contribution in [0.25, 0.3) is 22.4 Å². The molecule has 1 amide bonds. The van der Waals surface area contributed by atoms with E-state index >= 15 is 0 Å². The van der Waals surface area contributed by atoms with E-state index in [0.717, 1.165) is 12.0 Å². The number of fused-ring (bicyclic) bond motifs is 1. The molecule has 6 nitrogen and oxygen atoms in total. The van der Waals surface area contributed by atoms with Crippen LogP contribution in [0.15, 0.2) is 82.0 Å². The van der Waals surface area contributed by atoms with Crippen molar-refractivity contribution in [1.82, 2.24) is 4.98 Å². The van der Waals surface area contributed by atoms with Crippen molar-refractivity contribution in [3.8, 4) is 17.2 Å². The minimum atomic E-state index is -0.433. The lowest BCUT2D eigenvalue weighted by atomic mass is 10.2. The number of rotatable bonds is 6. The van der Waals surface area contributed by atoms with Crippen molar-refractivity contribution in [2.24, 2.45) is 0 Å². The number of carbonyl (C=O) groups excluding carboxylic acids is 1. The van der Waals surface area contributed by atoms with Gasteiger partial charge in [0.25, 0.3) is 5.91 Å². The van der Waals surface area contributed by atoms with E-state index in [-0.39, 0.29) is 18.4 Å². The number of para-hydroxylation sites is 1. The Balaban J connectivity index is 1.42. The highest BCUT2D eigenvalue weighted by Crippen LogP contribution is 2.21. The van der Waals surface area contributed by atoms with Gasteiger partial charge in [0.2, 0.25) is 5.89 Å². The monoisotopic (exact) mass is 400 g/mol. The van der Waals surface area contributed by atoms with E-state index in [1.807, 2.05) is 30.3 Å². The molecule has 1 aromatic heterocycles. The number of hydrogen-bond acceptors (Lipinski definition) is 5. The maximum Gasteiger partial charge on any atom is 0.347 e. The summed E-state index contributed by atoms with van der Waals surface area (Å²) in [6.45, 7) is 1.98. The zero-order valence-corrected chi connectivity index (χ0v) is 16.4. The van der Waals surface area contributed by atoms with Crippen molar-refractivity contribution in [1.29, 1.82) is 0 Å². The van der Waals surface area contributed by atoms with Gasteiger partial charge in [-0.3, -0.25) is 4.79 Å². The fourth-order valence-electron chi connectivity index (χ4n) is 3.04. The molecule has 30 heavy (non-hydrogen) atoms. The number of amides is 1. The molecule has 6 heteroatoms. The molecule has 0 saturated carbocycles. The van der Waals surface area contributed by atoms with Gasteiger partial charge in [-0.2, -0.15) is 0 Å². The molecule has 0 fully saturated rings. The lowest BCUT2D eigenvalue weighted by Crippen LogP contribution is -2.20. The van der Waals surface area contributed by atoms with Gasteiger partial charge >= 0.3 is 5.63 Å². The van der Waals surface area contributed by atoms with Gasteiger partial charge in [-0.1, -0.05) is 31.2 Å². The maximum atomic E-state index is 12.2. The smallest absolute Gasteiger partial charge is 0.347 e. The number of nitrogens with one attached hydrogen (secondary N) is 1. The van der Waals surface area contributed by atoms with Crippen LogP contribution in [0.2, 0.25) is 0 Å². The minimum absolute atomic E-state index is 0.0873. The molecule has 4 rings (SSSR count). The van der Waals surface area contributed by atoms with Crippen LogP contribution in [0, 0.1) is 0 Å². The molecule has 0 aliphatic rings. The zero-order valence-electron chi connectivity index (χ0n) is 16.4. The van der Waals surface area contributed by atoms with Crippen molar-refractivity contribution in [3.05, 3.63) is 88.8 Å². The van der Waals surface area contributed by atoms with E-state index in [4.69, 9.17) is 9.15 Å². The molecule has 0 aliphatic carbocycles. The zero-order chi connectivity index (χ0) is 20.9. The maximum absolute atomic E-state index is 12.2. The molecular weight excluding hydrogens is 380 g/mol. The number of benzene rings is 3. The first kappa shape index (κ1) is 19.4. The van der Waals surface area contributed by atoms with Crippen LogP contribution in [0.1, 0.15) is 12.5 Å². The van der Waals surface area contributed by atoms with Crippen LogP contribution in [-0.2, 0) is 11.2 Å². The van der Waals surface area contributed by atoms with Crippen molar-refractivity contribution in [3.63, 3.8) is 0 Å². The summed E-state index contributed by atoms with van der Waals surface area (Å²) < 4.78 is 10.9. The Bertz CT molecular complexity index is 1250. The van der Waals surface area contributed by atoms with Gasteiger partial charge < -0.3 is 14.5 Å². The van der Waals surface area contributed by atoms with Gasteiger partial charge in [-0.25, -0.2) is 9.78 Å². The van der Waals surface area contributed by atoms with Gasteiger partial charge in [0.15, 0.2) is 6.61 Å². The molecule has 1 N–H and O–H groups in total. The molecule has 1 heterocycles. The fourth-order valence-corrected chi connectivity index (χ4v) is 3.04. The van der Waals surface area contributed by atoms with E-state index in [0.29, 0.717) is 27.9 Å². The van der Waals surface area contributed by atoms with Crippen molar-refractivity contribution in [2.45, 2.75) is 13.3 Å². The van der Waals surface area contributed by atoms with Gasteiger partial charge in [-0.15, -0.1) is 0 Å². The first-order chi connectivity index (χ1) is 14.6. The molecule has 0 spiro atoms. The Kier molecular flexibility index (Phi) is 5.57. The number of anilines is 1. The third-order valence-electron chi connectivity index (χ3n) is 4.63. The summed E-state index contributed by atoms with van der Waals surface area (Å²) in [4.78, 5) is 28.7. The molecule has 0 saturated heterocycles. The molecule has 0 atom stereocenters. The normalized spacial score (nSPS) is 10.7. The summed E-state index contributed by atoms with van der Waals surface area (Å²) in [5.41, 5.74) is 2.54. The highest BCUT2D eigenvalue weighted by molar-refractivity contribution is 5.92. The second-order valence-corrected chi connectivity index (χ2v) is 6.74. The third-order valence-corrected chi connectivity index (χ3v) is 4.63. The number of aryl methyl sites for hydroxylation is 1. The summed E-state index contributed by atoms with van der Waals surface area (Å²) in [5, 5.41) is 3.22. The van der Waals surface area contributed by atoms with Gasteiger partial charge in [0.05, 0.1) is 10.9 Å². The van der Waals surface area contributed by atoms with E-state index in [9.17, 15) is 9.59 Å². The summed E-state index contributed by atoms with van der Waals surface area (Å²) in [7, 11) is 0. The number of nitrogens with zero attached hydrogens (tertiary/aromatic N) is 1. The molecule has 0 bridgehead atoms. The minimum Gasteiger partial charge on any atom is -0.484 e. The largest absolute Gasteiger partial charge is 0.484 e. The number of carbonyl (C=O) groups is 1. The Morgan fingerprint density at radius 3 is 2.63 bits per heavy atom. The van der Waals surface area contributed by atoms with Crippen molar-refractivity contribution >= 4 is 22.5 Å². The lowest BCUT2D eigenvalue weighted by molar-refractivity contribution is -0.118. The van der Waals surface area contributed by atoms with Crippen LogP contribution in [0.3, 0.4) is 0 Å². The average Bonchev–Trinajstić information content (AvgIpc) is 2.78. The second kappa shape index (κ2) is 8.61. The van der Waals surface area contributed by atoms with Crippen LogP contribution in [0.4, 0.5) is 5.69 Å². The topological polar surface area (TPSA) is 81.4 Å². The molecule has 0 aliphatic heterocycles. The quantitative estimate of drug-likeness (QED) is 0.518. The Morgan fingerprint density at radius 2 is 1.83 bits per heavy atom. The van der Waals surface area contributed by atoms with Crippen LogP contribution >= 0.6 is 0 Å². The van der Waals surface area contributed by atoms with Crippen molar-refractivity contribution in [2.75, 3.05) is 11.9 Å². The second-order valence-electron chi connectivity index (χ2n) is 6.74. The van der Waals surface area contributed by atoms with Gasteiger partial charge in [0, 0.05) is 11.3 Å². The van der Waals surface area contributed by atoms with Crippen LogP contribution in [-0.4, -0.2) is 17.5 Å². The van der Waals surface area contributed by atoms with Gasteiger partial charge in [0.1, 0.15) is 5.75 Å². The van der Waals surface area contributed by atoms with E-state index in [2.05, 4.69) is 17.2 Å². The van der Waals surface area contributed by atoms with Crippen LogP contribution in [0.5, 0.6) is 5.75 Å². The number of hydrogen-bond donors (Lipinski definition) is 1. The third kappa shape index (κ3) is 4.38. The first-order valence-electron chi connectivity index (χ1n) is 9.64. The fraction of sp³-hybridized carbons (Fsp3) is 0.125. The molecular formula is C24H20N2O4. The highest BCUT2D eigenvalue weighted by atomic mass is 16.5. The Hall–Kier alpha value is -3.93. The summed E-state index contributed by atoms with van der Waals surface area (Å²) >= 11 is 0. The van der Waals surface area contributed by atoms with E-state index in [1.165, 1.54) is 0 Å². The van der Waals surface area contributed by atoms with Crippen LogP contribution < -0.4 is 15.7 Å². The molecule has 3 aromatic carbocycles.